The van der Waals surface area contributed by atoms with Crippen LogP contribution < -0.4 is 5.32 Å². The molecule has 1 aromatic carbocycles. The summed E-state index contributed by atoms with van der Waals surface area (Å²) in [6.45, 7) is 5.37. The minimum absolute atomic E-state index is 0.0579. The zero-order chi connectivity index (χ0) is 28.6. The molecule has 0 saturated carbocycles. The van der Waals surface area contributed by atoms with E-state index in [-0.39, 0.29) is 17.4 Å². The highest BCUT2D eigenvalue weighted by atomic mass is 19.4. The van der Waals surface area contributed by atoms with E-state index in [2.05, 4.69) is 59.8 Å². The van der Waals surface area contributed by atoms with Gasteiger partial charge in [0.05, 0.1) is 24.0 Å². The fourth-order valence-electron chi connectivity index (χ4n) is 5.67. The van der Waals surface area contributed by atoms with Crippen LogP contribution >= 0.6 is 0 Å². The van der Waals surface area contributed by atoms with Gasteiger partial charge in [-0.15, -0.1) is 0 Å². The van der Waals surface area contributed by atoms with Crippen molar-refractivity contribution in [1.82, 2.24) is 29.4 Å². The van der Waals surface area contributed by atoms with Crippen LogP contribution in [0.3, 0.4) is 0 Å². The number of hydrogen-bond acceptors (Lipinski definition) is 6. The molecule has 8 nitrogen and oxygen atoms in total. The van der Waals surface area contributed by atoms with Crippen molar-refractivity contribution in [1.29, 1.82) is 5.26 Å². The van der Waals surface area contributed by atoms with E-state index in [0.717, 1.165) is 48.9 Å². The zero-order valence-corrected chi connectivity index (χ0v) is 22.5. The second kappa shape index (κ2) is 10.9. The number of nitrogens with zero attached hydrogens (tertiary/aromatic N) is 6. The number of nitriles is 1. The fraction of sp³-hybridized carbons (Fsp3) is 0.333. The summed E-state index contributed by atoms with van der Waals surface area (Å²) < 4.78 is 40.4. The first kappa shape index (κ1) is 26.8. The Morgan fingerprint density at radius 2 is 1.90 bits per heavy atom. The topological polar surface area (TPSA) is 98.4 Å². The molecule has 0 spiro atoms. The van der Waals surface area contributed by atoms with Crippen molar-refractivity contribution in [3.8, 4) is 6.07 Å². The van der Waals surface area contributed by atoms with Crippen LogP contribution in [0.25, 0.3) is 21.9 Å². The third-order valence-corrected chi connectivity index (χ3v) is 7.84. The molecule has 0 aliphatic carbocycles. The molecule has 0 amide bonds. The minimum atomic E-state index is -4.32. The molecule has 0 atom stereocenters. The van der Waals surface area contributed by atoms with E-state index in [4.69, 9.17) is 0 Å². The molecule has 11 heteroatoms. The maximum Gasteiger partial charge on any atom is 0.394 e. The lowest BCUT2D eigenvalue weighted by molar-refractivity contribution is -0.127. The first-order valence-corrected chi connectivity index (χ1v) is 13.6. The highest BCUT2D eigenvalue weighted by molar-refractivity contribution is 5.87. The van der Waals surface area contributed by atoms with Gasteiger partial charge < -0.3 is 14.9 Å². The van der Waals surface area contributed by atoms with Crippen molar-refractivity contribution >= 4 is 27.8 Å². The molecule has 0 unspecified atom stereocenters. The number of benzene rings is 1. The SMILES string of the molecule is Cc1c(CN2CCC(Nc3ncnc4nc(CC(F)(F)F)ccc34)CC2)ccc2c1cc(C#N)n2Cc1cc[nH]c1. The van der Waals surface area contributed by atoms with Gasteiger partial charge in [0.1, 0.15) is 23.9 Å². The number of pyridine rings is 1. The number of fused-ring (bicyclic) bond motifs is 2. The number of aromatic nitrogens is 5. The van der Waals surface area contributed by atoms with E-state index >= 15 is 0 Å². The number of halogens is 3. The molecule has 6 rings (SSSR count). The smallest absolute Gasteiger partial charge is 0.367 e. The molecule has 2 N–H and O–H groups in total. The number of piperidine rings is 1. The van der Waals surface area contributed by atoms with E-state index in [9.17, 15) is 18.4 Å². The fourth-order valence-corrected chi connectivity index (χ4v) is 5.67. The van der Waals surface area contributed by atoms with Crippen LogP contribution in [0.2, 0.25) is 0 Å². The number of rotatable bonds is 7. The maximum absolute atomic E-state index is 12.8. The summed E-state index contributed by atoms with van der Waals surface area (Å²) in [6, 6.07) is 13.8. The van der Waals surface area contributed by atoms with Gasteiger partial charge in [0.2, 0.25) is 0 Å². The molecule has 1 fully saturated rings. The molecule has 1 aliphatic rings. The van der Waals surface area contributed by atoms with E-state index < -0.39 is 12.6 Å². The third-order valence-electron chi connectivity index (χ3n) is 7.84. The van der Waals surface area contributed by atoms with Crippen LogP contribution in [-0.4, -0.2) is 54.7 Å². The summed E-state index contributed by atoms with van der Waals surface area (Å²) in [5, 5.41) is 15.0. The van der Waals surface area contributed by atoms with Gasteiger partial charge in [-0.1, -0.05) is 6.07 Å². The number of alkyl halides is 3. The molecule has 0 bridgehead atoms. The average molecular weight is 559 g/mol. The first-order valence-electron chi connectivity index (χ1n) is 13.6. The number of nitrogens with one attached hydrogen (secondary N) is 2. The van der Waals surface area contributed by atoms with Crippen molar-refractivity contribution < 1.29 is 13.2 Å². The summed E-state index contributed by atoms with van der Waals surface area (Å²) in [5.41, 5.74) is 5.47. The van der Waals surface area contributed by atoms with Gasteiger partial charge in [-0.2, -0.15) is 18.4 Å². The highest BCUT2D eigenvalue weighted by Gasteiger charge is 2.29. The van der Waals surface area contributed by atoms with Crippen molar-refractivity contribution in [3.63, 3.8) is 0 Å². The Kier molecular flexibility index (Phi) is 7.09. The summed E-state index contributed by atoms with van der Waals surface area (Å²) >= 11 is 0. The Morgan fingerprint density at radius 1 is 1.07 bits per heavy atom. The second-order valence-electron chi connectivity index (χ2n) is 10.6. The molecule has 0 radical (unpaired) electrons. The lowest BCUT2D eigenvalue weighted by Gasteiger charge is -2.33. The quantitative estimate of drug-likeness (QED) is 0.265. The second-order valence-corrected chi connectivity index (χ2v) is 10.6. The van der Waals surface area contributed by atoms with Crippen LogP contribution in [-0.2, 0) is 19.5 Å². The van der Waals surface area contributed by atoms with Gasteiger partial charge in [-0.25, -0.2) is 15.0 Å². The van der Waals surface area contributed by atoms with E-state index in [1.165, 1.54) is 23.5 Å². The lowest BCUT2D eigenvalue weighted by atomic mass is 10.0. The van der Waals surface area contributed by atoms with E-state index in [1.807, 2.05) is 24.5 Å². The predicted octanol–water partition coefficient (Wildman–Crippen LogP) is 5.72. The normalized spacial score (nSPS) is 15.0. The van der Waals surface area contributed by atoms with Crippen LogP contribution in [0.4, 0.5) is 19.0 Å². The summed E-state index contributed by atoms with van der Waals surface area (Å²) in [5.74, 6) is 0.596. The van der Waals surface area contributed by atoms with Crippen LogP contribution in [0.5, 0.6) is 0 Å². The zero-order valence-electron chi connectivity index (χ0n) is 22.5. The van der Waals surface area contributed by atoms with Crippen molar-refractivity contribution in [2.45, 2.75) is 51.5 Å². The van der Waals surface area contributed by atoms with E-state index in [1.54, 1.807) is 6.07 Å². The number of anilines is 1. The third kappa shape index (κ3) is 5.74. The van der Waals surface area contributed by atoms with Gasteiger partial charge in [0.25, 0.3) is 0 Å². The number of aromatic amines is 1. The maximum atomic E-state index is 12.8. The Labute approximate surface area is 234 Å². The number of H-pyrrole nitrogens is 1. The predicted molar refractivity (Wildman–Crippen MR) is 150 cm³/mol. The minimum Gasteiger partial charge on any atom is -0.367 e. The summed E-state index contributed by atoms with van der Waals surface area (Å²) in [6.07, 6.45) is 1.58. The lowest BCUT2D eigenvalue weighted by Crippen LogP contribution is -2.39. The van der Waals surface area contributed by atoms with Gasteiger partial charge in [0, 0.05) is 49.0 Å². The molecule has 4 aromatic heterocycles. The molecular formula is C30H29F3N8. The molecule has 5 heterocycles. The Hall–Kier alpha value is -4.43. The largest absolute Gasteiger partial charge is 0.394 e. The van der Waals surface area contributed by atoms with Crippen LogP contribution in [0.1, 0.15) is 40.9 Å². The highest BCUT2D eigenvalue weighted by Crippen LogP contribution is 2.29. The van der Waals surface area contributed by atoms with Gasteiger partial charge in [0.15, 0.2) is 5.65 Å². The Balaban J connectivity index is 1.11. The molecule has 210 valence electrons. The molecular weight excluding hydrogens is 529 g/mol. The summed E-state index contributed by atoms with van der Waals surface area (Å²) in [4.78, 5) is 18.0. The van der Waals surface area contributed by atoms with Crippen molar-refractivity contribution in [2.75, 3.05) is 18.4 Å². The Bertz CT molecular complexity index is 1730. The molecule has 1 aliphatic heterocycles. The standard InChI is InChI=1S/C30H29F3N8/c1-19-21(2-5-27-26(19)12-24(14-34)41(27)16-20-6-9-35-15-20)17-40-10-7-22(8-11-40)38-28-25-4-3-23(13-30(31,32)33)39-29(25)37-18-36-28/h2-6,9,12,15,18,22,35H,7-8,10-11,13,16-17H2,1H3,(H,36,37,38,39). The van der Waals surface area contributed by atoms with Crippen LogP contribution in [0.15, 0.2) is 55.1 Å². The molecule has 1 saturated heterocycles. The van der Waals surface area contributed by atoms with Crippen molar-refractivity contribution in [2.24, 2.45) is 0 Å². The first-order chi connectivity index (χ1) is 19.8. The average Bonchev–Trinajstić information content (AvgIpc) is 3.59. The van der Waals surface area contributed by atoms with E-state index in [0.29, 0.717) is 23.4 Å². The van der Waals surface area contributed by atoms with Gasteiger partial charge >= 0.3 is 6.18 Å². The molecule has 41 heavy (non-hydrogen) atoms. The monoisotopic (exact) mass is 558 g/mol. The van der Waals surface area contributed by atoms with Crippen LogP contribution in [0, 0.1) is 18.3 Å². The van der Waals surface area contributed by atoms with Crippen molar-refractivity contribution in [3.05, 3.63) is 83.2 Å². The molecule has 5 aromatic rings. The summed E-state index contributed by atoms with van der Waals surface area (Å²) in [7, 11) is 0. The number of aryl methyl sites for hydroxylation is 1. The number of likely N-dealkylation sites (tertiary alicyclic amines) is 1. The number of hydrogen-bond donors (Lipinski definition) is 2. The van der Waals surface area contributed by atoms with Gasteiger partial charge in [-0.3, -0.25) is 4.90 Å². The Morgan fingerprint density at radius 3 is 2.63 bits per heavy atom. The van der Waals surface area contributed by atoms with Gasteiger partial charge in [-0.05, 0) is 66.8 Å².